The number of aromatic nitrogens is 1. The zero-order chi connectivity index (χ0) is 22.7. The van der Waals surface area contributed by atoms with Gasteiger partial charge in [-0.25, -0.2) is 5.84 Å². The Morgan fingerprint density at radius 2 is 2.03 bits per heavy atom. The summed E-state index contributed by atoms with van der Waals surface area (Å²) in [6.07, 6.45) is 6.29. The van der Waals surface area contributed by atoms with Crippen LogP contribution in [0.3, 0.4) is 0 Å². The highest BCUT2D eigenvalue weighted by molar-refractivity contribution is 6.08. The third kappa shape index (κ3) is 4.06. The summed E-state index contributed by atoms with van der Waals surface area (Å²) in [4.78, 5) is 41.4. The van der Waals surface area contributed by atoms with Gasteiger partial charge in [-0.05, 0) is 30.0 Å². The smallest absolute Gasteiger partial charge is 0.226 e. The van der Waals surface area contributed by atoms with Crippen LogP contribution in [-0.4, -0.2) is 48.3 Å². The SMILES string of the molecule is CN(CCN=O)C(=O)C1CC(=O)c2c([nH]c(C3=CCNC=C3)c2N(N)c2ccccc2)C1. The molecule has 0 spiro atoms. The molecule has 9 heteroatoms. The molecule has 0 saturated heterocycles. The number of dihydropyridines is 1. The molecule has 2 heterocycles. The van der Waals surface area contributed by atoms with Crippen LogP contribution in [0, 0.1) is 10.8 Å². The van der Waals surface area contributed by atoms with Crippen molar-refractivity contribution in [1.82, 2.24) is 15.2 Å². The standard InChI is InChI=1S/C23H26N6O3/c1-28(12-11-26-32)23(31)16-13-18-20(19(30)14-16)22(29(24)17-5-3-2-4-6-17)21(27-18)15-7-9-25-10-8-15/h2-9,16,25,27H,10-14,24H2,1H3. The van der Waals surface area contributed by atoms with E-state index in [1.165, 1.54) is 9.91 Å². The first-order chi connectivity index (χ1) is 15.5. The maximum absolute atomic E-state index is 13.3. The van der Waals surface area contributed by atoms with E-state index in [-0.39, 0.29) is 31.2 Å². The number of hydrazine groups is 1. The molecule has 1 aromatic carbocycles. The van der Waals surface area contributed by atoms with E-state index < -0.39 is 5.92 Å². The molecule has 0 saturated carbocycles. The third-order valence-corrected chi connectivity index (χ3v) is 5.85. The molecule has 166 valence electrons. The molecule has 32 heavy (non-hydrogen) atoms. The van der Waals surface area contributed by atoms with Crippen molar-refractivity contribution in [2.45, 2.75) is 12.8 Å². The average molecular weight is 435 g/mol. The van der Waals surface area contributed by atoms with Gasteiger partial charge < -0.3 is 15.2 Å². The number of aromatic amines is 1. The second-order valence-electron chi connectivity index (χ2n) is 7.95. The fraction of sp³-hybridized carbons (Fsp3) is 0.304. The van der Waals surface area contributed by atoms with Crippen molar-refractivity contribution in [3.05, 3.63) is 70.5 Å². The summed E-state index contributed by atoms with van der Waals surface area (Å²) in [5.41, 5.74) is 4.26. The molecule has 4 rings (SSSR count). The van der Waals surface area contributed by atoms with Crippen LogP contribution in [-0.2, 0) is 11.2 Å². The molecule has 0 fully saturated rings. The van der Waals surface area contributed by atoms with Crippen molar-refractivity contribution in [1.29, 1.82) is 0 Å². The minimum absolute atomic E-state index is 0.0265. The van der Waals surface area contributed by atoms with Crippen LogP contribution in [0.4, 0.5) is 11.4 Å². The zero-order valence-corrected chi connectivity index (χ0v) is 17.9. The molecule has 9 nitrogen and oxygen atoms in total. The largest absolute Gasteiger partial charge is 0.387 e. The number of ketones is 1. The number of rotatable bonds is 7. The quantitative estimate of drug-likeness (QED) is 0.349. The highest BCUT2D eigenvalue weighted by Gasteiger charge is 2.37. The monoisotopic (exact) mass is 434 g/mol. The molecule has 1 atom stereocenters. The van der Waals surface area contributed by atoms with E-state index in [1.807, 2.05) is 48.7 Å². The molecule has 1 aromatic heterocycles. The van der Waals surface area contributed by atoms with E-state index in [0.29, 0.717) is 29.9 Å². The number of carbonyl (C=O) groups excluding carboxylic acids is 2. The number of para-hydroxylation sites is 1. The van der Waals surface area contributed by atoms with Crippen LogP contribution in [0.2, 0.25) is 0 Å². The summed E-state index contributed by atoms with van der Waals surface area (Å²) < 4.78 is 0. The Morgan fingerprint density at radius 3 is 2.72 bits per heavy atom. The van der Waals surface area contributed by atoms with Crippen LogP contribution in [0.1, 0.15) is 28.2 Å². The molecule has 1 unspecified atom stereocenters. The van der Waals surface area contributed by atoms with Crippen molar-refractivity contribution in [2.75, 3.05) is 31.7 Å². The van der Waals surface area contributed by atoms with Crippen molar-refractivity contribution in [3.8, 4) is 0 Å². The van der Waals surface area contributed by atoms with Crippen LogP contribution in [0.25, 0.3) is 5.57 Å². The van der Waals surface area contributed by atoms with Crippen molar-refractivity contribution in [3.63, 3.8) is 0 Å². The lowest BCUT2D eigenvalue weighted by molar-refractivity contribution is -0.134. The number of nitrogens with zero attached hydrogens (tertiary/aromatic N) is 3. The van der Waals surface area contributed by atoms with Crippen LogP contribution in [0.15, 0.2) is 53.9 Å². The van der Waals surface area contributed by atoms with Gasteiger partial charge in [0.05, 0.1) is 35.1 Å². The van der Waals surface area contributed by atoms with Gasteiger partial charge in [-0.2, -0.15) is 4.91 Å². The van der Waals surface area contributed by atoms with E-state index in [9.17, 15) is 14.5 Å². The number of anilines is 2. The Hall–Kier alpha value is -3.72. The number of nitrogens with two attached hydrogens (primary N) is 1. The van der Waals surface area contributed by atoms with Gasteiger partial charge in [0.15, 0.2) is 5.78 Å². The van der Waals surface area contributed by atoms with E-state index in [0.717, 1.165) is 17.0 Å². The predicted molar refractivity (Wildman–Crippen MR) is 123 cm³/mol. The maximum Gasteiger partial charge on any atom is 0.226 e. The Morgan fingerprint density at radius 1 is 1.25 bits per heavy atom. The third-order valence-electron chi connectivity index (χ3n) is 5.85. The molecule has 0 bridgehead atoms. The number of nitroso groups, excluding NO2 is 1. The number of fused-ring (bicyclic) bond motifs is 1. The highest BCUT2D eigenvalue weighted by Crippen LogP contribution is 2.40. The first-order valence-corrected chi connectivity index (χ1v) is 10.5. The van der Waals surface area contributed by atoms with Crippen molar-refractivity contribution < 1.29 is 9.59 Å². The van der Waals surface area contributed by atoms with Crippen LogP contribution in [0.5, 0.6) is 0 Å². The summed E-state index contributed by atoms with van der Waals surface area (Å²) >= 11 is 0. The number of nitrogens with one attached hydrogen (secondary N) is 2. The minimum atomic E-state index is -0.494. The van der Waals surface area contributed by atoms with Gasteiger partial charge in [0.1, 0.15) is 0 Å². The Balaban J connectivity index is 1.74. The van der Waals surface area contributed by atoms with E-state index in [4.69, 9.17) is 5.84 Å². The first-order valence-electron chi connectivity index (χ1n) is 10.5. The number of Topliss-reactive ketones (excluding diaryl/α,β-unsaturated/α-hetero) is 1. The Labute approximate surface area is 185 Å². The van der Waals surface area contributed by atoms with Crippen molar-refractivity contribution in [2.24, 2.45) is 16.9 Å². The van der Waals surface area contributed by atoms with Gasteiger partial charge in [0, 0.05) is 38.7 Å². The van der Waals surface area contributed by atoms with Gasteiger partial charge in [-0.15, -0.1) is 0 Å². The van der Waals surface area contributed by atoms with E-state index >= 15 is 0 Å². The highest BCUT2D eigenvalue weighted by atomic mass is 16.3. The number of amides is 1. The van der Waals surface area contributed by atoms with Gasteiger partial charge in [0.2, 0.25) is 5.91 Å². The summed E-state index contributed by atoms with van der Waals surface area (Å²) in [7, 11) is 1.63. The number of hydrogen-bond donors (Lipinski definition) is 3. The second-order valence-corrected chi connectivity index (χ2v) is 7.95. The van der Waals surface area contributed by atoms with Gasteiger partial charge >= 0.3 is 0 Å². The number of benzene rings is 1. The average Bonchev–Trinajstić information content (AvgIpc) is 3.22. The minimum Gasteiger partial charge on any atom is -0.387 e. The number of allylic oxidation sites excluding steroid dienone is 2. The second kappa shape index (κ2) is 9.19. The fourth-order valence-corrected chi connectivity index (χ4v) is 4.23. The first kappa shape index (κ1) is 21.5. The normalized spacial score (nSPS) is 17.2. The molecular formula is C23H26N6O3. The molecular weight excluding hydrogens is 408 g/mol. The lowest BCUT2D eigenvalue weighted by Crippen LogP contribution is -2.38. The summed E-state index contributed by atoms with van der Waals surface area (Å²) in [6.45, 7) is 0.921. The number of hydrogen-bond acceptors (Lipinski definition) is 7. The molecule has 1 aliphatic heterocycles. The zero-order valence-electron chi connectivity index (χ0n) is 17.9. The van der Waals surface area contributed by atoms with Gasteiger partial charge in [-0.3, -0.25) is 14.6 Å². The summed E-state index contributed by atoms with van der Waals surface area (Å²) in [5.74, 6) is 5.74. The van der Waals surface area contributed by atoms with Gasteiger partial charge in [-0.1, -0.05) is 29.5 Å². The van der Waals surface area contributed by atoms with Crippen LogP contribution >= 0.6 is 0 Å². The fourth-order valence-electron chi connectivity index (χ4n) is 4.23. The van der Waals surface area contributed by atoms with Crippen LogP contribution < -0.4 is 16.2 Å². The lowest BCUT2D eigenvalue weighted by Gasteiger charge is -2.27. The van der Waals surface area contributed by atoms with Crippen molar-refractivity contribution >= 4 is 28.6 Å². The van der Waals surface area contributed by atoms with E-state index in [1.54, 1.807) is 7.05 Å². The molecule has 0 radical (unpaired) electrons. The molecule has 2 aromatic rings. The summed E-state index contributed by atoms with van der Waals surface area (Å²) in [5, 5.41) is 7.47. The van der Waals surface area contributed by atoms with E-state index in [2.05, 4.69) is 15.5 Å². The number of likely N-dealkylation sites (N-methyl/N-ethyl adjacent to an activating group) is 1. The number of H-pyrrole nitrogens is 1. The Bertz CT molecular complexity index is 1090. The summed E-state index contributed by atoms with van der Waals surface area (Å²) in [6, 6.07) is 9.44. The Kier molecular flexibility index (Phi) is 6.18. The molecule has 2 aliphatic rings. The van der Waals surface area contributed by atoms with Gasteiger partial charge in [0.25, 0.3) is 0 Å². The lowest BCUT2D eigenvalue weighted by atomic mass is 9.85. The predicted octanol–water partition coefficient (Wildman–Crippen LogP) is 2.50. The molecule has 1 aliphatic carbocycles. The maximum atomic E-state index is 13.3. The molecule has 4 N–H and O–H groups in total. The molecule has 1 amide bonds. The number of carbonyl (C=O) groups is 2. The topological polar surface area (TPSA) is 124 Å².